The van der Waals surface area contributed by atoms with Gasteiger partial charge in [-0.25, -0.2) is 9.78 Å². The Labute approximate surface area is 214 Å². The molecule has 3 N–H and O–H groups in total. The zero-order chi connectivity index (χ0) is 25.4. The maximum atomic E-state index is 13.0. The van der Waals surface area contributed by atoms with E-state index in [0.717, 1.165) is 19.4 Å². The molecule has 3 aromatic heterocycles. The Bertz CT molecular complexity index is 1540. The molecule has 0 saturated carbocycles. The van der Waals surface area contributed by atoms with Gasteiger partial charge in [0.2, 0.25) is 11.3 Å². The minimum atomic E-state index is -1.35. The van der Waals surface area contributed by atoms with Crippen molar-refractivity contribution in [2.24, 2.45) is 0 Å². The first kappa shape index (κ1) is 23.8. The van der Waals surface area contributed by atoms with Crippen LogP contribution in [0.25, 0.3) is 16.6 Å². The van der Waals surface area contributed by atoms with Crippen LogP contribution in [0.2, 0.25) is 10.0 Å². The van der Waals surface area contributed by atoms with Crippen molar-refractivity contribution in [2.75, 3.05) is 23.8 Å². The fraction of sp³-hybridized carbons (Fsp3) is 0.208. The lowest BCUT2D eigenvalue weighted by atomic mass is 10.1. The largest absolute Gasteiger partial charge is 0.477 e. The standard InChI is InChI=1S/C24H20Cl2N6O4/c25-17-4-1-5-28-23(17)36-12-13-3-2-6-31(13)20-9-19-15(8-18(20)26)22(33)16(24(34)35)11-32(19)14-7-21(27)30-29-10-14/h1,4-5,7-11,13H,2-3,6,12H2,(H2,27,30)(H,34,35)/t13-/m1/s1. The van der Waals surface area contributed by atoms with Crippen molar-refractivity contribution in [2.45, 2.75) is 18.9 Å². The van der Waals surface area contributed by atoms with Crippen LogP contribution in [0.1, 0.15) is 23.2 Å². The molecule has 36 heavy (non-hydrogen) atoms. The summed E-state index contributed by atoms with van der Waals surface area (Å²) in [5.41, 5.74) is 6.37. The third-order valence-electron chi connectivity index (χ3n) is 6.06. The van der Waals surface area contributed by atoms with Gasteiger partial charge in [0.05, 0.1) is 34.2 Å². The van der Waals surface area contributed by atoms with Crippen LogP contribution in [0.4, 0.5) is 11.5 Å². The first-order valence-electron chi connectivity index (χ1n) is 11.0. The van der Waals surface area contributed by atoms with E-state index in [1.807, 2.05) is 0 Å². The number of nitrogen functional groups attached to an aromatic ring is 1. The number of ether oxygens (including phenoxy) is 1. The summed E-state index contributed by atoms with van der Waals surface area (Å²) in [4.78, 5) is 31.1. The van der Waals surface area contributed by atoms with Crippen LogP contribution in [-0.2, 0) is 0 Å². The number of aromatic carboxylic acids is 1. The number of carboxylic acid groups (broad SMARTS) is 1. The number of pyridine rings is 2. The number of hydrogen-bond acceptors (Lipinski definition) is 8. The van der Waals surface area contributed by atoms with Crippen molar-refractivity contribution in [1.82, 2.24) is 19.7 Å². The smallest absolute Gasteiger partial charge is 0.341 e. The monoisotopic (exact) mass is 526 g/mol. The molecule has 4 aromatic rings. The van der Waals surface area contributed by atoms with E-state index in [-0.39, 0.29) is 17.2 Å². The molecule has 5 rings (SSSR count). The number of halogens is 2. The quantitative estimate of drug-likeness (QED) is 0.384. The van der Waals surface area contributed by atoms with Gasteiger partial charge in [0.1, 0.15) is 23.0 Å². The average Bonchev–Trinajstić information content (AvgIpc) is 3.32. The van der Waals surface area contributed by atoms with Gasteiger partial charge < -0.3 is 25.0 Å². The molecule has 1 atom stereocenters. The zero-order valence-corrected chi connectivity index (χ0v) is 20.3. The highest BCUT2D eigenvalue weighted by Gasteiger charge is 2.28. The Hall–Kier alpha value is -3.89. The summed E-state index contributed by atoms with van der Waals surface area (Å²) in [6, 6.07) is 8.23. The third-order valence-corrected chi connectivity index (χ3v) is 6.65. The van der Waals surface area contributed by atoms with E-state index < -0.39 is 17.0 Å². The number of carboxylic acids is 1. The Morgan fingerprint density at radius 1 is 1.25 bits per heavy atom. The lowest BCUT2D eigenvalue weighted by Gasteiger charge is -2.28. The minimum absolute atomic E-state index is 0.0188. The first-order valence-corrected chi connectivity index (χ1v) is 11.8. The summed E-state index contributed by atoms with van der Waals surface area (Å²) in [6.07, 6.45) is 6.07. The molecule has 12 heteroatoms. The normalized spacial score (nSPS) is 15.4. The zero-order valence-electron chi connectivity index (χ0n) is 18.8. The van der Waals surface area contributed by atoms with Crippen LogP contribution in [0.15, 0.2) is 53.7 Å². The van der Waals surface area contributed by atoms with Crippen LogP contribution in [0, 0.1) is 0 Å². The number of carbonyl (C=O) groups is 1. The van der Waals surface area contributed by atoms with E-state index in [2.05, 4.69) is 20.1 Å². The van der Waals surface area contributed by atoms with Gasteiger partial charge >= 0.3 is 5.97 Å². The summed E-state index contributed by atoms with van der Waals surface area (Å²) >= 11 is 12.8. The van der Waals surface area contributed by atoms with Crippen molar-refractivity contribution in [1.29, 1.82) is 0 Å². The second-order valence-electron chi connectivity index (χ2n) is 8.30. The SMILES string of the molecule is Nc1cc(-n2cc(C(=O)O)c(=O)c3cc(Cl)c(N4CCC[C@@H]4COc4ncccc4Cl)cc32)cnn1. The predicted octanol–water partition coefficient (Wildman–Crippen LogP) is 3.81. The fourth-order valence-corrected chi connectivity index (χ4v) is 4.85. The second-order valence-corrected chi connectivity index (χ2v) is 9.11. The Morgan fingerprint density at radius 3 is 2.83 bits per heavy atom. The lowest BCUT2D eigenvalue weighted by molar-refractivity contribution is 0.0695. The van der Waals surface area contributed by atoms with Gasteiger partial charge in [-0.2, -0.15) is 5.10 Å². The molecule has 0 spiro atoms. The summed E-state index contributed by atoms with van der Waals surface area (Å²) in [5, 5.41) is 18.1. The molecule has 10 nitrogen and oxygen atoms in total. The van der Waals surface area contributed by atoms with Crippen molar-refractivity contribution in [3.63, 3.8) is 0 Å². The highest BCUT2D eigenvalue weighted by molar-refractivity contribution is 6.34. The molecular weight excluding hydrogens is 507 g/mol. The van der Waals surface area contributed by atoms with E-state index in [9.17, 15) is 14.7 Å². The van der Waals surface area contributed by atoms with E-state index in [1.165, 1.54) is 18.5 Å². The molecule has 1 saturated heterocycles. The number of benzene rings is 1. The minimum Gasteiger partial charge on any atom is -0.477 e. The van der Waals surface area contributed by atoms with Crippen molar-refractivity contribution >= 4 is 51.6 Å². The molecule has 0 bridgehead atoms. The van der Waals surface area contributed by atoms with Crippen molar-refractivity contribution in [3.05, 3.63) is 74.8 Å². The van der Waals surface area contributed by atoms with Gasteiger partial charge in [-0.1, -0.05) is 23.2 Å². The van der Waals surface area contributed by atoms with Crippen LogP contribution in [0.3, 0.4) is 0 Å². The van der Waals surface area contributed by atoms with Crippen LogP contribution in [0.5, 0.6) is 5.88 Å². The highest BCUT2D eigenvalue weighted by atomic mass is 35.5. The molecule has 1 fully saturated rings. The average molecular weight is 527 g/mol. The molecule has 4 heterocycles. The predicted molar refractivity (Wildman–Crippen MR) is 137 cm³/mol. The third kappa shape index (κ3) is 4.40. The van der Waals surface area contributed by atoms with Crippen LogP contribution < -0.4 is 20.8 Å². The molecule has 0 radical (unpaired) electrons. The van der Waals surface area contributed by atoms with Gasteiger partial charge in [-0.15, -0.1) is 5.10 Å². The van der Waals surface area contributed by atoms with E-state index in [0.29, 0.717) is 39.4 Å². The number of rotatable bonds is 6. The molecule has 1 aliphatic rings. The molecule has 1 aromatic carbocycles. The number of nitrogens with two attached hydrogens (primary N) is 1. The molecule has 184 valence electrons. The highest BCUT2D eigenvalue weighted by Crippen LogP contribution is 2.36. The van der Waals surface area contributed by atoms with Gasteiger partial charge in [-0.05, 0) is 37.1 Å². The van der Waals surface area contributed by atoms with Crippen molar-refractivity contribution in [3.8, 4) is 11.6 Å². The summed E-state index contributed by atoms with van der Waals surface area (Å²) < 4.78 is 7.45. The van der Waals surface area contributed by atoms with Gasteiger partial charge in [0.15, 0.2) is 0 Å². The maximum absolute atomic E-state index is 13.0. The van der Waals surface area contributed by atoms with Gasteiger partial charge in [0.25, 0.3) is 0 Å². The summed E-state index contributed by atoms with van der Waals surface area (Å²) in [7, 11) is 0. The molecule has 0 amide bonds. The van der Waals surface area contributed by atoms with Crippen LogP contribution >= 0.6 is 23.2 Å². The topological polar surface area (TPSA) is 136 Å². The maximum Gasteiger partial charge on any atom is 0.341 e. The number of aromatic nitrogens is 4. The van der Waals surface area contributed by atoms with Crippen LogP contribution in [-0.4, -0.2) is 50.0 Å². The second kappa shape index (κ2) is 9.63. The number of nitrogens with zero attached hydrogens (tertiary/aromatic N) is 5. The molecule has 1 aliphatic heterocycles. The summed E-state index contributed by atoms with van der Waals surface area (Å²) in [6.45, 7) is 1.05. The summed E-state index contributed by atoms with van der Waals surface area (Å²) in [5.74, 6) is -0.848. The Morgan fingerprint density at radius 2 is 2.08 bits per heavy atom. The first-order chi connectivity index (χ1) is 17.3. The van der Waals surface area contributed by atoms with E-state index >= 15 is 0 Å². The molecular formula is C24H20Cl2N6O4. The number of hydrogen-bond donors (Lipinski definition) is 2. The number of anilines is 2. The Balaban J connectivity index is 1.60. The molecule has 0 aliphatic carbocycles. The van der Waals surface area contributed by atoms with Gasteiger partial charge in [-0.3, -0.25) is 4.79 Å². The van der Waals surface area contributed by atoms with Gasteiger partial charge in [0, 0.05) is 30.4 Å². The lowest BCUT2D eigenvalue weighted by Crippen LogP contribution is -2.34. The Kier molecular flexibility index (Phi) is 6.38. The fourth-order valence-electron chi connectivity index (χ4n) is 4.40. The van der Waals surface area contributed by atoms with Crippen molar-refractivity contribution < 1.29 is 14.6 Å². The van der Waals surface area contributed by atoms with E-state index in [1.54, 1.807) is 35.0 Å². The van der Waals surface area contributed by atoms with E-state index in [4.69, 9.17) is 33.7 Å². The number of fused-ring (bicyclic) bond motifs is 1. The molecule has 0 unspecified atom stereocenters.